The van der Waals surface area contributed by atoms with Crippen LogP contribution in [0.3, 0.4) is 0 Å². The van der Waals surface area contributed by atoms with E-state index in [1.165, 1.54) is 0 Å². The van der Waals surface area contributed by atoms with Crippen molar-refractivity contribution in [2.24, 2.45) is 0 Å². The number of hydrogen-bond donors (Lipinski definition) is 0. The highest BCUT2D eigenvalue weighted by atomic mass is 35.5. The molecule has 1 rings (SSSR count). The Bertz CT molecular complexity index is 333. The van der Waals surface area contributed by atoms with Crippen LogP contribution in [0.2, 0.25) is 0 Å². The number of rotatable bonds is 7. The molecule has 0 aliphatic rings. The predicted octanol–water partition coefficient (Wildman–Crippen LogP) is 3.07. The second-order valence-corrected chi connectivity index (χ2v) is 4.33. The number of hydrogen-bond acceptors (Lipinski definition) is 3. The van der Waals surface area contributed by atoms with Crippen molar-refractivity contribution in [1.82, 2.24) is 4.98 Å². The highest BCUT2D eigenvalue weighted by molar-refractivity contribution is 6.16. The van der Waals surface area contributed by atoms with Crippen molar-refractivity contribution in [1.29, 1.82) is 0 Å². The molecule has 0 bridgehead atoms. The highest BCUT2D eigenvalue weighted by Gasteiger charge is 2.14. The zero-order valence-corrected chi connectivity index (χ0v) is 11.6. The summed E-state index contributed by atoms with van der Waals surface area (Å²) in [6.45, 7) is 5.93. The topological polar surface area (TPSA) is 25.4 Å². The average molecular weight is 257 g/mol. The second-order valence-electron chi connectivity index (χ2n) is 4.06. The van der Waals surface area contributed by atoms with Crippen molar-refractivity contribution in [3.05, 3.63) is 23.9 Å². The van der Waals surface area contributed by atoms with Crippen LogP contribution in [-0.2, 0) is 10.6 Å². The first-order valence-corrected chi connectivity index (χ1v) is 6.53. The van der Waals surface area contributed by atoms with Gasteiger partial charge in [-0.2, -0.15) is 0 Å². The number of nitrogens with zero attached hydrogens (tertiary/aromatic N) is 2. The first kappa shape index (κ1) is 14.3. The summed E-state index contributed by atoms with van der Waals surface area (Å²) in [5.74, 6) is 1.43. The quantitative estimate of drug-likeness (QED) is 0.701. The maximum atomic E-state index is 5.82. The van der Waals surface area contributed by atoms with Crippen LogP contribution in [-0.4, -0.2) is 31.3 Å². The van der Waals surface area contributed by atoms with E-state index in [1.54, 1.807) is 7.11 Å². The average Bonchev–Trinajstić information content (AvgIpc) is 2.39. The Morgan fingerprint density at radius 3 is 2.82 bits per heavy atom. The molecule has 0 saturated heterocycles. The summed E-state index contributed by atoms with van der Waals surface area (Å²) < 4.78 is 5.15. The van der Waals surface area contributed by atoms with Crippen LogP contribution in [0, 0.1) is 0 Å². The van der Waals surface area contributed by atoms with E-state index < -0.39 is 0 Å². The van der Waals surface area contributed by atoms with Gasteiger partial charge in [-0.1, -0.05) is 13.0 Å². The fourth-order valence-electron chi connectivity index (χ4n) is 1.67. The zero-order chi connectivity index (χ0) is 12.7. The summed E-state index contributed by atoms with van der Waals surface area (Å²) >= 11 is 5.82. The van der Waals surface area contributed by atoms with Crippen LogP contribution >= 0.6 is 11.6 Å². The van der Waals surface area contributed by atoms with Gasteiger partial charge in [-0.15, -0.1) is 11.6 Å². The van der Waals surface area contributed by atoms with E-state index in [4.69, 9.17) is 16.3 Å². The van der Waals surface area contributed by atoms with Gasteiger partial charge in [0, 0.05) is 19.7 Å². The summed E-state index contributed by atoms with van der Waals surface area (Å²) in [4.78, 5) is 6.82. The number of anilines is 1. The SMILES string of the molecule is CCC(C)N(CCOC)c1cccc(CCl)n1. The van der Waals surface area contributed by atoms with Gasteiger partial charge in [0.25, 0.3) is 0 Å². The van der Waals surface area contributed by atoms with Gasteiger partial charge in [-0.25, -0.2) is 4.98 Å². The maximum Gasteiger partial charge on any atom is 0.129 e. The van der Waals surface area contributed by atoms with Gasteiger partial charge < -0.3 is 9.64 Å². The van der Waals surface area contributed by atoms with E-state index in [0.717, 1.165) is 24.5 Å². The van der Waals surface area contributed by atoms with Crippen molar-refractivity contribution < 1.29 is 4.74 Å². The van der Waals surface area contributed by atoms with Gasteiger partial charge in [0.05, 0.1) is 18.2 Å². The van der Waals surface area contributed by atoms with Gasteiger partial charge in [-0.05, 0) is 25.5 Å². The molecule has 0 fully saturated rings. The molecule has 1 heterocycles. The Balaban J connectivity index is 2.86. The minimum Gasteiger partial charge on any atom is -0.383 e. The lowest BCUT2D eigenvalue weighted by Crippen LogP contribution is -2.36. The molecule has 1 unspecified atom stereocenters. The molecule has 0 aromatic carbocycles. The molecule has 0 saturated carbocycles. The maximum absolute atomic E-state index is 5.82. The van der Waals surface area contributed by atoms with Gasteiger partial charge in [0.2, 0.25) is 0 Å². The zero-order valence-electron chi connectivity index (χ0n) is 10.8. The Kier molecular flexibility index (Phi) is 6.30. The Morgan fingerprint density at radius 2 is 2.24 bits per heavy atom. The summed E-state index contributed by atoms with van der Waals surface area (Å²) in [5, 5.41) is 0. The third kappa shape index (κ3) is 4.17. The highest BCUT2D eigenvalue weighted by Crippen LogP contribution is 2.17. The molecule has 0 aliphatic carbocycles. The molecule has 4 heteroatoms. The van der Waals surface area contributed by atoms with Crippen LogP contribution < -0.4 is 4.90 Å². The Hall–Kier alpha value is -0.800. The molecule has 1 aromatic rings. The van der Waals surface area contributed by atoms with E-state index in [2.05, 4.69) is 23.7 Å². The number of alkyl halides is 1. The first-order chi connectivity index (χ1) is 8.22. The van der Waals surface area contributed by atoms with Crippen LogP contribution in [0.25, 0.3) is 0 Å². The largest absolute Gasteiger partial charge is 0.383 e. The molecule has 0 amide bonds. The molecule has 1 atom stereocenters. The number of ether oxygens (including phenoxy) is 1. The van der Waals surface area contributed by atoms with Gasteiger partial charge in [-0.3, -0.25) is 0 Å². The summed E-state index contributed by atoms with van der Waals surface area (Å²) in [6, 6.07) is 6.42. The van der Waals surface area contributed by atoms with Crippen molar-refractivity contribution in [3.8, 4) is 0 Å². The Morgan fingerprint density at radius 1 is 1.47 bits per heavy atom. The molecule has 17 heavy (non-hydrogen) atoms. The molecule has 96 valence electrons. The summed E-state index contributed by atoms with van der Waals surface area (Å²) in [6.07, 6.45) is 1.08. The Labute approximate surface area is 109 Å². The van der Waals surface area contributed by atoms with E-state index in [1.807, 2.05) is 18.2 Å². The fourth-order valence-corrected chi connectivity index (χ4v) is 1.82. The summed E-state index contributed by atoms with van der Waals surface area (Å²) in [5.41, 5.74) is 0.912. The molecule has 0 N–H and O–H groups in total. The van der Waals surface area contributed by atoms with E-state index in [9.17, 15) is 0 Å². The second kappa shape index (κ2) is 7.51. The van der Waals surface area contributed by atoms with E-state index >= 15 is 0 Å². The standard InChI is InChI=1S/C13H21ClN2O/c1-4-11(2)16(8-9-17-3)13-7-5-6-12(10-14)15-13/h5-7,11H,4,8-10H2,1-3H3. The van der Waals surface area contributed by atoms with Crippen LogP contribution in [0.5, 0.6) is 0 Å². The van der Waals surface area contributed by atoms with Crippen molar-refractivity contribution in [2.45, 2.75) is 32.2 Å². The molecule has 0 aliphatic heterocycles. The lowest BCUT2D eigenvalue weighted by Gasteiger charge is -2.29. The van der Waals surface area contributed by atoms with Gasteiger partial charge in [0.1, 0.15) is 5.82 Å². The number of methoxy groups -OCH3 is 1. The monoisotopic (exact) mass is 256 g/mol. The normalized spacial score (nSPS) is 12.5. The third-order valence-electron chi connectivity index (χ3n) is 2.88. The van der Waals surface area contributed by atoms with Crippen LogP contribution in [0.1, 0.15) is 26.0 Å². The number of aromatic nitrogens is 1. The first-order valence-electron chi connectivity index (χ1n) is 6.00. The van der Waals surface area contributed by atoms with Crippen molar-refractivity contribution >= 4 is 17.4 Å². The number of halogens is 1. The van der Waals surface area contributed by atoms with E-state index in [0.29, 0.717) is 18.5 Å². The van der Waals surface area contributed by atoms with Gasteiger partial charge >= 0.3 is 0 Å². The van der Waals surface area contributed by atoms with Crippen molar-refractivity contribution in [2.75, 3.05) is 25.2 Å². The third-order valence-corrected chi connectivity index (χ3v) is 3.16. The number of pyridine rings is 1. The molecule has 1 aromatic heterocycles. The molecular formula is C13H21ClN2O. The van der Waals surface area contributed by atoms with E-state index in [-0.39, 0.29) is 0 Å². The summed E-state index contributed by atoms with van der Waals surface area (Å²) in [7, 11) is 1.72. The molecular weight excluding hydrogens is 236 g/mol. The predicted molar refractivity (Wildman–Crippen MR) is 72.8 cm³/mol. The van der Waals surface area contributed by atoms with Crippen LogP contribution in [0.15, 0.2) is 18.2 Å². The molecule has 3 nitrogen and oxygen atoms in total. The van der Waals surface area contributed by atoms with Gasteiger partial charge in [0.15, 0.2) is 0 Å². The van der Waals surface area contributed by atoms with Crippen molar-refractivity contribution in [3.63, 3.8) is 0 Å². The molecule has 0 spiro atoms. The molecule has 0 radical (unpaired) electrons. The fraction of sp³-hybridized carbons (Fsp3) is 0.615. The minimum absolute atomic E-state index is 0.447. The lowest BCUT2D eigenvalue weighted by molar-refractivity contribution is 0.203. The van der Waals surface area contributed by atoms with Crippen LogP contribution in [0.4, 0.5) is 5.82 Å². The smallest absolute Gasteiger partial charge is 0.129 e. The lowest BCUT2D eigenvalue weighted by atomic mass is 10.2. The minimum atomic E-state index is 0.447.